The Morgan fingerprint density at radius 3 is 2.73 bits per heavy atom. The van der Waals surface area contributed by atoms with E-state index in [-0.39, 0.29) is 12.1 Å². The molecule has 0 saturated carbocycles. The summed E-state index contributed by atoms with van der Waals surface area (Å²) >= 11 is 0. The number of carboxylic acids is 1. The van der Waals surface area contributed by atoms with E-state index in [1.54, 1.807) is 0 Å². The zero-order chi connectivity index (χ0) is 11.4. The van der Waals surface area contributed by atoms with E-state index in [1.807, 2.05) is 0 Å². The topological polar surface area (TPSA) is 76.2 Å². The Bertz CT molecular complexity index is 369. The number of hydrogen-bond acceptors (Lipinski definition) is 3. The zero-order valence-corrected chi connectivity index (χ0v) is 7.78. The molecule has 0 aliphatic carbocycles. The Labute approximate surface area is 84.7 Å². The molecule has 0 radical (unpaired) electrons. The van der Waals surface area contributed by atoms with E-state index in [9.17, 15) is 13.6 Å². The first-order valence-corrected chi connectivity index (χ1v) is 4.22. The summed E-state index contributed by atoms with van der Waals surface area (Å²) in [5.41, 5.74) is 5.36. The van der Waals surface area contributed by atoms with Crippen LogP contribution in [0.1, 0.15) is 23.2 Å². The summed E-state index contributed by atoms with van der Waals surface area (Å²) in [5.74, 6) is -1.17. The zero-order valence-electron chi connectivity index (χ0n) is 7.78. The van der Waals surface area contributed by atoms with E-state index >= 15 is 0 Å². The van der Waals surface area contributed by atoms with Gasteiger partial charge >= 0.3 is 5.97 Å². The number of aliphatic carboxylic acids is 1. The van der Waals surface area contributed by atoms with Crippen molar-refractivity contribution in [3.8, 4) is 0 Å². The van der Waals surface area contributed by atoms with Crippen molar-refractivity contribution in [1.82, 2.24) is 4.98 Å². The van der Waals surface area contributed by atoms with Crippen molar-refractivity contribution in [1.29, 1.82) is 0 Å². The van der Waals surface area contributed by atoms with Gasteiger partial charge in [0, 0.05) is 12.7 Å². The van der Waals surface area contributed by atoms with Gasteiger partial charge < -0.3 is 10.8 Å². The van der Waals surface area contributed by atoms with Crippen LogP contribution >= 0.6 is 0 Å². The molecule has 4 nitrogen and oxygen atoms in total. The standard InChI is InChI=1S/C9H10F2N2O2/c10-9(11)8-6(2-7(14)15)1-5(3-12)4-13-8/h1,4,9H,2-3,12H2,(H,14,15). The van der Waals surface area contributed by atoms with Gasteiger partial charge in [0.25, 0.3) is 6.43 Å². The number of nitrogens with two attached hydrogens (primary N) is 1. The molecular weight excluding hydrogens is 206 g/mol. The molecule has 0 aliphatic rings. The summed E-state index contributed by atoms with van der Waals surface area (Å²) in [6.45, 7) is 0.142. The molecule has 0 fully saturated rings. The average Bonchev–Trinajstić information content (AvgIpc) is 2.16. The highest BCUT2D eigenvalue weighted by atomic mass is 19.3. The van der Waals surface area contributed by atoms with E-state index in [0.717, 1.165) is 0 Å². The molecule has 3 N–H and O–H groups in total. The fourth-order valence-electron chi connectivity index (χ4n) is 1.18. The number of aromatic nitrogens is 1. The van der Waals surface area contributed by atoms with Crippen molar-refractivity contribution in [3.05, 3.63) is 29.1 Å². The fourth-order valence-corrected chi connectivity index (χ4v) is 1.18. The maximum Gasteiger partial charge on any atom is 0.307 e. The quantitative estimate of drug-likeness (QED) is 0.790. The third-order valence-corrected chi connectivity index (χ3v) is 1.84. The first-order chi connectivity index (χ1) is 7.04. The third kappa shape index (κ3) is 2.95. The van der Waals surface area contributed by atoms with Gasteiger partial charge in [0.1, 0.15) is 5.69 Å². The molecule has 0 aliphatic heterocycles. The normalized spacial score (nSPS) is 10.7. The van der Waals surface area contributed by atoms with Gasteiger partial charge in [-0.2, -0.15) is 0 Å². The number of alkyl halides is 2. The molecule has 6 heteroatoms. The largest absolute Gasteiger partial charge is 0.481 e. The number of rotatable bonds is 4. The lowest BCUT2D eigenvalue weighted by Crippen LogP contribution is -2.08. The maximum absolute atomic E-state index is 12.4. The molecule has 0 bridgehead atoms. The Balaban J connectivity index is 3.10. The van der Waals surface area contributed by atoms with Gasteiger partial charge in [-0.3, -0.25) is 9.78 Å². The maximum atomic E-state index is 12.4. The van der Waals surface area contributed by atoms with Crippen LogP contribution in [0, 0.1) is 0 Å². The molecule has 82 valence electrons. The molecule has 0 aromatic carbocycles. The van der Waals surface area contributed by atoms with Gasteiger partial charge in [0.15, 0.2) is 0 Å². The van der Waals surface area contributed by atoms with Crippen LogP contribution in [0.3, 0.4) is 0 Å². The fraction of sp³-hybridized carbons (Fsp3) is 0.333. The van der Waals surface area contributed by atoms with Crippen LogP contribution in [-0.4, -0.2) is 16.1 Å². The Morgan fingerprint density at radius 2 is 2.27 bits per heavy atom. The molecule has 15 heavy (non-hydrogen) atoms. The Hall–Kier alpha value is -1.56. The molecule has 0 unspecified atom stereocenters. The number of carbonyl (C=O) groups is 1. The molecule has 1 aromatic rings. The molecular formula is C9H10F2N2O2. The van der Waals surface area contributed by atoms with Gasteiger partial charge in [-0.05, 0) is 11.1 Å². The van der Waals surface area contributed by atoms with Gasteiger partial charge in [0.2, 0.25) is 0 Å². The average molecular weight is 216 g/mol. The van der Waals surface area contributed by atoms with E-state index in [1.165, 1.54) is 12.3 Å². The highest BCUT2D eigenvalue weighted by Crippen LogP contribution is 2.21. The van der Waals surface area contributed by atoms with Crippen molar-refractivity contribution in [2.24, 2.45) is 5.73 Å². The minimum atomic E-state index is -2.77. The van der Waals surface area contributed by atoms with E-state index in [2.05, 4.69) is 4.98 Å². The van der Waals surface area contributed by atoms with Crippen molar-refractivity contribution in [2.45, 2.75) is 19.4 Å². The summed E-state index contributed by atoms with van der Waals surface area (Å²) in [4.78, 5) is 13.9. The molecule has 0 atom stereocenters. The molecule has 1 rings (SSSR count). The van der Waals surface area contributed by atoms with E-state index in [4.69, 9.17) is 10.8 Å². The minimum absolute atomic E-state index is 0.0143. The van der Waals surface area contributed by atoms with Gasteiger partial charge in [-0.15, -0.1) is 0 Å². The lowest BCUT2D eigenvalue weighted by Gasteiger charge is -2.07. The van der Waals surface area contributed by atoms with Crippen molar-refractivity contribution < 1.29 is 18.7 Å². The summed E-state index contributed by atoms with van der Waals surface area (Å²) in [5, 5.41) is 8.53. The second kappa shape index (κ2) is 4.79. The van der Waals surface area contributed by atoms with Crippen LogP contribution in [0.5, 0.6) is 0 Å². The Morgan fingerprint density at radius 1 is 1.60 bits per heavy atom. The SMILES string of the molecule is NCc1cnc(C(F)F)c(CC(=O)O)c1. The van der Waals surface area contributed by atoms with Crippen LogP contribution in [-0.2, 0) is 17.8 Å². The lowest BCUT2D eigenvalue weighted by atomic mass is 10.1. The predicted octanol–water partition coefficient (Wildman–Crippen LogP) is 1.10. The number of hydrogen-bond donors (Lipinski definition) is 2. The van der Waals surface area contributed by atoms with Crippen molar-refractivity contribution in [3.63, 3.8) is 0 Å². The van der Waals surface area contributed by atoms with Crippen LogP contribution < -0.4 is 5.73 Å². The lowest BCUT2D eigenvalue weighted by molar-refractivity contribution is -0.136. The number of nitrogens with zero attached hydrogens (tertiary/aromatic N) is 1. The summed E-state index contributed by atoms with van der Waals surface area (Å²) < 4.78 is 24.9. The number of halogens is 2. The van der Waals surface area contributed by atoms with Gasteiger partial charge in [0.05, 0.1) is 6.42 Å². The predicted molar refractivity (Wildman–Crippen MR) is 48.4 cm³/mol. The van der Waals surface area contributed by atoms with Crippen LogP contribution in [0.25, 0.3) is 0 Å². The number of carboxylic acid groups (broad SMARTS) is 1. The third-order valence-electron chi connectivity index (χ3n) is 1.84. The van der Waals surface area contributed by atoms with Gasteiger partial charge in [-0.25, -0.2) is 8.78 Å². The second-order valence-electron chi connectivity index (χ2n) is 2.96. The Kier molecular flexibility index (Phi) is 3.68. The highest BCUT2D eigenvalue weighted by Gasteiger charge is 2.16. The summed E-state index contributed by atoms with van der Waals surface area (Å²) in [6, 6.07) is 1.35. The smallest absolute Gasteiger partial charge is 0.307 e. The second-order valence-corrected chi connectivity index (χ2v) is 2.96. The first-order valence-electron chi connectivity index (χ1n) is 4.22. The minimum Gasteiger partial charge on any atom is -0.481 e. The first kappa shape index (κ1) is 11.5. The van der Waals surface area contributed by atoms with Crippen LogP contribution in [0.2, 0.25) is 0 Å². The molecule has 1 heterocycles. The molecule has 0 spiro atoms. The molecule has 0 saturated heterocycles. The molecule has 1 aromatic heterocycles. The van der Waals surface area contributed by atoms with Crippen LogP contribution in [0.15, 0.2) is 12.3 Å². The van der Waals surface area contributed by atoms with Crippen molar-refractivity contribution in [2.75, 3.05) is 0 Å². The molecule has 0 amide bonds. The van der Waals surface area contributed by atoms with E-state index in [0.29, 0.717) is 5.56 Å². The van der Waals surface area contributed by atoms with E-state index < -0.39 is 24.5 Å². The van der Waals surface area contributed by atoms with Gasteiger partial charge in [-0.1, -0.05) is 6.07 Å². The summed E-state index contributed by atoms with van der Waals surface area (Å²) in [6.07, 6.45) is -2.01. The monoisotopic (exact) mass is 216 g/mol. The highest BCUT2D eigenvalue weighted by molar-refractivity contribution is 5.70. The number of pyridine rings is 1. The van der Waals surface area contributed by atoms with Crippen molar-refractivity contribution >= 4 is 5.97 Å². The summed E-state index contributed by atoms with van der Waals surface area (Å²) in [7, 11) is 0. The van der Waals surface area contributed by atoms with Crippen LogP contribution in [0.4, 0.5) is 8.78 Å².